The lowest BCUT2D eigenvalue weighted by Crippen LogP contribution is -2.61. The summed E-state index contributed by atoms with van der Waals surface area (Å²) in [7, 11) is 0. The predicted octanol–water partition coefficient (Wildman–Crippen LogP) is -1.83. The van der Waals surface area contributed by atoms with Crippen LogP contribution in [0, 0.1) is 0 Å². The van der Waals surface area contributed by atoms with Crippen molar-refractivity contribution >= 4 is 11.8 Å². The zero-order valence-electron chi connectivity index (χ0n) is 16.3. The predicted molar refractivity (Wildman–Crippen MR) is 98.4 cm³/mol. The highest BCUT2D eigenvalue weighted by atomic mass is 16.5. The molecular formula is C16H29N5O8. The second-order valence-electron chi connectivity index (χ2n) is 6.33. The number of rotatable bonds is 13. The van der Waals surface area contributed by atoms with E-state index in [0.29, 0.717) is 19.8 Å². The Morgan fingerprint density at radius 3 is 2.41 bits per heavy atom. The van der Waals surface area contributed by atoms with Crippen molar-refractivity contribution in [3.8, 4) is 0 Å². The van der Waals surface area contributed by atoms with E-state index in [0.717, 1.165) is 0 Å². The summed E-state index contributed by atoms with van der Waals surface area (Å²) in [4.78, 5) is 26.2. The molecule has 5 N–H and O–H groups in total. The van der Waals surface area contributed by atoms with E-state index in [1.807, 2.05) is 0 Å². The van der Waals surface area contributed by atoms with Crippen LogP contribution in [0.4, 0.5) is 0 Å². The molecule has 1 aliphatic heterocycles. The average molecular weight is 419 g/mol. The molecule has 0 spiro atoms. The van der Waals surface area contributed by atoms with Crippen LogP contribution in [-0.2, 0) is 23.8 Å². The highest BCUT2D eigenvalue weighted by Gasteiger charge is 2.42. The normalized spacial score (nSPS) is 26.4. The lowest BCUT2D eigenvalue weighted by Gasteiger charge is -2.39. The van der Waals surface area contributed by atoms with Crippen LogP contribution >= 0.6 is 0 Å². The maximum Gasteiger partial charge on any atom is 0.223 e. The van der Waals surface area contributed by atoms with E-state index in [4.69, 9.17) is 19.7 Å². The van der Waals surface area contributed by atoms with E-state index in [2.05, 4.69) is 20.7 Å². The summed E-state index contributed by atoms with van der Waals surface area (Å²) in [6.07, 6.45) is -5.97. The van der Waals surface area contributed by atoms with Gasteiger partial charge in [-0.2, -0.15) is 0 Å². The monoisotopic (exact) mass is 419 g/mol. The molecule has 0 radical (unpaired) electrons. The first-order valence-electron chi connectivity index (χ1n) is 9.29. The number of ether oxygens (including phenoxy) is 3. The van der Waals surface area contributed by atoms with Gasteiger partial charge >= 0.3 is 0 Å². The number of nitrogens with zero attached hydrogens (tertiary/aromatic N) is 3. The highest BCUT2D eigenvalue weighted by Crippen LogP contribution is 2.19. The van der Waals surface area contributed by atoms with Crippen LogP contribution in [-0.4, -0.2) is 97.3 Å². The molecule has 13 nitrogen and oxygen atoms in total. The van der Waals surface area contributed by atoms with Crippen molar-refractivity contribution in [1.29, 1.82) is 0 Å². The zero-order valence-corrected chi connectivity index (χ0v) is 16.3. The van der Waals surface area contributed by atoms with E-state index in [-0.39, 0.29) is 38.4 Å². The molecule has 5 atom stereocenters. The van der Waals surface area contributed by atoms with E-state index in [9.17, 15) is 24.9 Å². The van der Waals surface area contributed by atoms with E-state index in [1.54, 1.807) is 0 Å². The average Bonchev–Trinajstić information content (AvgIpc) is 2.69. The smallest absolute Gasteiger partial charge is 0.223 e. The number of carbonyl (C=O) groups excluding carboxylic acids is 2. The minimum absolute atomic E-state index is 0.0504. The minimum Gasteiger partial charge on any atom is -0.388 e. The third-order valence-corrected chi connectivity index (χ3v) is 4.07. The van der Waals surface area contributed by atoms with Gasteiger partial charge in [0.1, 0.15) is 18.3 Å². The van der Waals surface area contributed by atoms with Gasteiger partial charge in [0.2, 0.25) is 11.8 Å². The summed E-state index contributed by atoms with van der Waals surface area (Å²) >= 11 is 0. The molecule has 1 aliphatic rings. The molecule has 1 rings (SSSR count). The quantitative estimate of drug-likeness (QED) is 0.0994. The number of aliphatic hydroxyl groups excluding tert-OH is 3. The molecule has 0 bridgehead atoms. The van der Waals surface area contributed by atoms with Crippen LogP contribution in [0.3, 0.4) is 0 Å². The van der Waals surface area contributed by atoms with Gasteiger partial charge in [-0.1, -0.05) is 5.11 Å². The van der Waals surface area contributed by atoms with Crippen molar-refractivity contribution in [3.05, 3.63) is 10.4 Å². The summed E-state index contributed by atoms with van der Waals surface area (Å²) in [5.41, 5.74) is 8.08. The van der Waals surface area contributed by atoms with Gasteiger partial charge in [-0.05, 0) is 12.5 Å². The maximum absolute atomic E-state index is 11.9. The number of hydrogen-bond donors (Lipinski definition) is 5. The van der Waals surface area contributed by atoms with Crippen LogP contribution in [0.25, 0.3) is 10.4 Å². The molecule has 0 aliphatic carbocycles. The summed E-state index contributed by atoms with van der Waals surface area (Å²) in [5, 5.41) is 37.4. The molecule has 13 heteroatoms. The fraction of sp³-hybridized carbons (Fsp3) is 0.875. The van der Waals surface area contributed by atoms with Gasteiger partial charge in [-0.25, -0.2) is 0 Å². The van der Waals surface area contributed by atoms with Crippen molar-refractivity contribution in [1.82, 2.24) is 10.6 Å². The first-order valence-corrected chi connectivity index (χ1v) is 9.29. The Kier molecular flexibility index (Phi) is 12.1. The Morgan fingerprint density at radius 2 is 1.72 bits per heavy atom. The van der Waals surface area contributed by atoms with Gasteiger partial charge in [-0.15, -0.1) is 0 Å². The molecule has 1 fully saturated rings. The summed E-state index contributed by atoms with van der Waals surface area (Å²) in [6, 6.07) is 0. The molecule has 1 saturated heterocycles. The van der Waals surface area contributed by atoms with Gasteiger partial charge in [0.15, 0.2) is 6.23 Å². The number of hydrogen-bond acceptors (Lipinski definition) is 9. The summed E-state index contributed by atoms with van der Waals surface area (Å²) in [5.74, 6) is -0.775. The number of aliphatic hydroxyl groups is 3. The van der Waals surface area contributed by atoms with Gasteiger partial charge < -0.3 is 40.2 Å². The number of amides is 2. The fourth-order valence-corrected chi connectivity index (χ4v) is 2.44. The van der Waals surface area contributed by atoms with Gasteiger partial charge in [0, 0.05) is 30.8 Å². The van der Waals surface area contributed by atoms with Gasteiger partial charge in [-0.3, -0.25) is 9.59 Å². The Bertz CT molecular complexity index is 559. The number of carbonyl (C=O) groups is 2. The molecule has 0 aromatic carbocycles. The van der Waals surface area contributed by atoms with Crippen molar-refractivity contribution in [3.63, 3.8) is 0 Å². The van der Waals surface area contributed by atoms with Crippen LogP contribution in [0.2, 0.25) is 0 Å². The van der Waals surface area contributed by atoms with Crippen molar-refractivity contribution < 1.29 is 39.1 Å². The maximum atomic E-state index is 11.9. The minimum atomic E-state index is -1.46. The second-order valence-corrected chi connectivity index (χ2v) is 6.33. The molecular weight excluding hydrogens is 390 g/mol. The molecule has 0 aromatic heterocycles. The SMILES string of the molecule is C[C@@H]1O[C@@H](NC(=O)CCNC(=O)CCOCCOCCN=[N+]=[N-])[C@@H](O)[C@H](O)[C@@H]1O. The lowest BCUT2D eigenvalue weighted by atomic mass is 9.99. The third-order valence-electron chi connectivity index (χ3n) is 4.07. The molecule has 2 amide bonds. The van der Waals surface area contributed by atoms with E-state index >= 15 is 0 Å². The Labute approximate surface area is 167 Å². The summed E-state index contributed by atoms with van der Waals surface area (Å²) in [6.45, 7) is 2.96. The van der Waals surface area contributed by atoms with Crippen LogP contribution in [0.5, 0.6) is 0 Å². The molecule has 166 valence electrons. The van der Waals surface area contributed by atoms with Gasteiger partial charge in [0.25, 0.3) is 0 Å². The summed E-state index contributed by atoms with van der Waals surface area (Å²) < 4.78 is 15.6. The van der Waals surface area contributed by atoms with Crippen LogP contribution in [0.1, 0.15) is 19.8 Å². The van der Waals surface area contributed by atoms with Crippen LogP contribution in [0.15, 0.2) is 5.11 Å². The highest BCUT2D eigenvalue weighted by molar-refractivity contribution is 5.79. The molecule has 1 heterocycles. The Hall–Kier alpha value is -1.99. The molecule has 0 aromatic rings. The number of azide groups is 1. The Morgan fingerprint density at radius 1 is 1.03 bits per heavy atom. The van der Waals surface area contributed by atoms with E-state index in [1.165, 1.54) is 6.92 Å². The van der Waals surface area contributed by atoms with Crippen molar-refractivity contribution in [2.45, 2.75) is 50.4 Å². The van der Waals surface area contributed by atoms with Crippen molar-refractivity contribution in [2.75, 3.05) is 39.5 Å². The molecule has 0 unspecified atom stereocenters. The Balaban J connectivity index is 2.07. The standard InChI is InChI=1S/C16H29N5O8/c1-10-13(24)14(25)15(26)16(29-10)20-12(23)2-4-18-11(22)3-6-27-8-9-28-7-5-19-21-17/h10,13-16,24-26H,2-9H2,1H3,(H,18,22)(H,20,23)/t10-,13+,14+,15-,16+/m0/s1. The van der Waals surface area contributed by atoms with Gasteiger partial charge in [0.05, 0.1) is 32.5 Å². The molecule has 29 heavy (non-hydrogen) atoms. The second kappa shape index (κ2) is 14.1. The van der Waals surface area contributed by atoms with E-state index < -0.39 is 36.6 Å². The topological polar surface area (TPSA) is 195 Å². The number of nitrogens with one attached hydrogen (secondary N) is 2. The fourth-order valence-electron chi connectivity index (χ4n) is 2.44. The lowest BCUT2D eigenvalue weighted by molar-refractivity contribution is -0.224. The first kappa shape index (κ1) is 25.0. The zero-order chi connectivity index (χ0) is 21.6. The van der Waals surface area contributed by atoms with Crippen LogP contribution < -0.4 is 10.6 Å². The largest absolute Gasteiger partial charge is 0.388 e. The third kappa shape index (κ3) is 9.85. The first-order chi connectivity index (χ1) is 13.9. The van der Waals surface area contributed by atoms with Crippen molar-refractivity contribution in [2.24, 2.45) is 5.11 Å². The molecule has 0 saturated carbocycles.